The molecule has 1 saturated heterocycles. The topological polar surface area (TPSA) is 85.3 Å². The summed E-state index contributed by atoms with van der Waals surface area (Å²) in [6.45, 7) is 12.3. The second-order valence-electron chi connectivity index (χ2n) is 9.26. The normalized spacial score (nSPS) is 21.4. The molecule has 8 nitrogen and oxygen atoms in total. The van der Waals surface area contributed by atoms with Crippen molar-refractivity contribution in [3.8, 4) is 0 Å². The quantitative estimate of drug-likeness (QED) is 0.534. The smallest absolute Gasteiger partial charge is 0.258 e. The lowest BCUT2D eigenvalue weighted by Gasteiger charge is -2.33. The number of aromatic nitrogens is 5. The molecule has 1 aliphatic heterocycles. The maximum Gasteiger partial charge on any atom is 0.258 e. The Kier molecular flexibility index (Phi) is 5.00. The SMILES string of the molecule is Cc1cccc2cc([C@@H](c3nnnn3C(C)(C)C)[NH+]3CC[NH+](C)CC3)c(=O)[nH]c12. The molecule has 1 atom stereocenters. The summed E-state index contributed by atoms with van der Waals surface area (Å²) in [6.07, 6.45) is 0. The van der Waals surface area contributed by atoms with E-state index in [0.717, 1.165) is 54.0 Å². The zero-order valence-corrected chi connectivity index (χ0v) is 17.9. The molecule has 3 aromatic rings. The third kappa shape index (κ3) is 3.70. The Hall–Kier alpha value is -2.58. The Morgan fingerprint density at radius 1 is 1.17 bits per heavy atom. The first kappa shape index (κ1) is 19.7. The van der Waals surface area contributed by atoms with Gasteiger partial charge in [-0.1, -0.05) is 18.2 Å². The van der Waals surface area contributed by atoms with Gasteiger partial charge in [0, 0.05) is 0 Å². The lowest BCUT2D eigenvalue weighted by molar-refractivity contribution is -1.02. The predicted octanol–water partition coefficient (Wildman–Crippen LogP) is -0.919. The molecule has 4 rings (SSSR count). The number of pyridine rings is 1. The highest BCUT2D eigenvalue weighted by Gasteiger charge is 2.38. The number of fused-ring (bicyclic) bond motifs is 1. The highest BCUT2D eigenvalue weighted by atomic mass is 16.1. The highest BCUT2D eigenvalue weighted by molar-refractivity contribution is 5.82. The molecule has 1 aliphatic rings. The minimum atomic E-state index is -0.269. The van der Waals surface area contributed by atoms with Gasteiger partial charge in [-0.25, -0.2) is 4.68 Å². The third-order valence-corrected chi connectivity index (χ3v) is 5.97. The van der Waals surface area contributed by atoms with Crippen LogP contribution in [0.15, 0.2) is 29.1 Å². The maximum absolute atomic E-state index is 13.2. The summed E-state index contributed by atoms with van der Waals surface area (Å²) < 4.78 is 1.87. The average molecular weight is 398 g/mol. The van der Waals surface area contributed by atoms with Crippen molar-refractivity contribution in [2.75, 3.05) is 33.2 Å². The summed E-state index contributed by atoms with van der Waals surface area (Å²) in [5, 5.41) is 13.7. The number of aromatic amines is 1. The van der Waals surface area contributed by atoms with Gasteiger partial charge in [0.15, 0.2) is 6.04 Å². The number of H-pyrrole nitrogens is 1. The van der Waals surface area contributed by atoms with E-state index >= 15 is 0 Å². The van der Waals surface area contributed by atoms with E-state index in [1.54, 1.807) is 0 Å². The first-order valence-corrected chi connectivity index (χ1v) is 10.3. The summed E-state index contributed by atoms with van der Waals surface area (Å²) in [5.41, 5.74) is 2.37. The number of aryl methyl sites for hydroxylation is 1. The first-order valence-electron chi connectivity index (χ1n) is 10.3. The van der Waals surface area contributed by atoms with Gasteiger partial charge in [-0.15, -0.1) is 5.10 Å². The fraction of sp³-hybridized carbons (Fsp3) is 0.524. The predicted molar refractivity (Wildman–Crippen MR) is 111 cm³/mol. The molecule has 8 heteroatoms. The van der Waals surface area contributed by atoms with E-state index in [9.17, 15) is 4.79 Å². The van der Waals surface area contributed by atoms with E-state index in [1.165, 1.54) is 9.80 Å². The van der Waals surface area contributed by atoms with Gasteiger partial charge in [0.1, 0.15) is 26.2 Å². The molecule has 29 heavy (non-hydrogen) atoms. The van der Waals surface area contributed by atoms with Crippen molar-refractivity contribution in [3.63, 3.8) is 0 Å². The van der Waals surface area contributed by atoms with Crippen LogP contribution in [-0.2, 0) is 5.54 Å². The van der Waals surface area contributed by atoms with Crippen LogP contribution in [0.5, 0.6) is 0 Å². The number of hydrogen-bond donors (Lipinski definition) is 3. The van der Waals surface area contributed by atoms with Gasteiger partial charge < -0.3 is 14.8 Å². The first-order chi connectivity index (χ1) is 13.8. The van der Waals surface area contributed by atoms with Gasteiger partial charge in [0.05, 0.1) is 23.7 Å². The maximum atomic E-state index is 13.2. The Morgan fingerprint density at radius 2 is 1.90 bits per heavy atom. The van der Waals surface area contributed by atoms with E-state index in [1.807, 2.05) is 29.8 Å². The summed E-state index contributed by atoms with van der Waals surface area (Å²) in [6, 6.07) is 7.93. The van der Waals surface area contributed by atoms with Crippen LogP contribution >= 0.6 is 0 Å². The molecule has 2 aromatic heterocycles. The van der Waals surface area contributed by atoms with Crippen molar-refractivity contribution >= 4 is 10.9 Å². The number of tetrazole rings is 1. The second kappa shape index (κ2) is 7.35. The number of hydrogen-bond acceptors (Lipinski definition) is 4. The number of likely N-dealkylation sites (N-methyl/N-ethyl adjacent to an activating group) is 1. The van der Waals surface area contributed by atoms with Gasteiger partial charge in [-0.3, -0.25) is 4.79 Å². The minimum absolute atomic E-state index is 0.0564. The number of nitrogens with zero attached hydrogens (tertiary/aromatic N) is 4. The van der Waals surface area contributed by atoms with Crippen LogP contribution in [0.1, 0.15) is 43.8 Å². The Labute approximate surface area is 170 Å². The van der Waals surface area contributed by atoms with Crippen LogP contribution < -0.4 is 15.4 Å². The monoisotopic (exact) mass is 397 g/mol. The molecular weight excluding hydrogens is 366 g/mol. The largest absolute Gasteiger partial charge is 0.328 e. The third-order valence-electron chi connectivity index (χ3n) is 5.97. The zero-order chi connectivity index (χ0) is 20.8. The lowest BCUT2D eigenvalue weighted by atomic mass is 10.0. The average Bonchev–Trinajstić information content (AvgIpc) is 3.15. The molecule has 1 fully saturated rings. The van der Waals surface area contributed by atoms with Crippen LogP contribution in [0, 0.1) is 6.92 Å². The molecule has 0 saturated carbocycles. The molecule has 154 valence electrons. The van der Waals surface area contributed by atoms with Crippen LogP contribution in [0.4, 0.5) is 0 Å². The fourth-order valence-corrected chi connectivity index (χ4v) is 4.29. The van der Waals surface area contributed by atoms with E-state index in [-0.39, 0.29) is 17.1 Å². The van der Waals surface area contributed by atoms with Crippen molar-refractivity contribution in [2.45, 2.75) is 39.3 Å². The van der Waals surface area contributed by atoms with Crippen molar-refractivity contribution in [1.82, 2.24) is 25.2 Å². The van der Waals surface area contributed by atoms with Crippen LogP contribution in [0.3, 0.4) is 0 Å². The molecule has 0 unspecified atom stereocenters. The Balaban J connectivity index is 1.90. The van der Waals surface area contributed by atoms with Crippen molar-refractivity contribution in [3.05, 3.63) is 51.6 Å². The summed E-state index contributed by atoms with van der Waals surface area (Å²) in [7, 11) is 2.22. The van der Waals surface area contributed by atoms with Gasteiger partial charge in [0.2, 0.25) is 5.82 Å². The number of nitrogens with one attached hydrogen (secondary N) is 3. The molecule has 0 aliphatic carbocycles. The van der Waals surface area contributed by atoms with Gasteiger partial charge in [0.25, 0.3) is 5.56 Å². The number of quaternary nitrogens is 2. The number of piperazine rings is 1. The second-order valence-corrected chi connectivity index (χ2v) is 9.26. The minimum Gasteiger partial charge on any atom is -0.328 e. The standard InChI is InChI=1S/C21H29N7O/c1-14-7-6-8-15-13-16(20(29)22-17(14)15)18(27-11-9-26(5)10-12-27)19-23-24-25-28(19)21(2,3)4/h6-8,13,18H,9-12H2,1-5H3,(H,22,29)/p+2/t18-/m0/s1. The molecule has 3 heterocycles. The van der Waals surface area contributed by atoms with Gasteiger partial charge in [-0.05, 0) is 55.1 Å². The molecule has 0 bridgehead atoms. The molecular formula is C21H31N7O+2. The van der Waals surface area contributed by atoms with Crippen molar-refractivity contribution in [2.24, 2.45) is 0 Å². The molecule has 1 aromatic carbocycles. The zero-order valence-electron chi connectivity index (χ0n) is 17.9. The lowest BCUT2D eigenvalue weighted by Crippen LogP contribution is -3.27. The van der Waals surface area contributed by atoms with Crippen molar-refractivity contribution in [1.29, 1.82) is 0 Å². The van der Waals surface area contributed by atoms with Crippen molar-refractivity contribution < 1.29 is 9.80 Å². The fourth-order valence-electron chi connectivity index (χ4n) is 4.29. The number of rotatable bonds is 3. The van der Waals surface area contributed by atoms with Gasteiger partial charge in [-0.2, -0.15) is 0 Å². The Morgan fingerprint density at radius 3 is 2.59 bits per heavy atom. The highest BCUT2D eigenvalue weighted by Crippen LogP contribution is 2.23. The summed E-state index contributed by atoms with van der Waals surface area (Å²) >= 11 is 0. The van der Waals surface area contributed by atoms with E-state index in [2.05, 4.69) is 54.4 Å². The van der Waals surface area contributed by atoms with Crippen LogP contribution in [-0.4, -0.2) is 58.4 Å². The molecule has 0 radical (unpaired) electrons. The van der Waals surface area contributed by atoms with Gasteiger partial charge >= 0.3 is 0 Å². The molecule has 0 amide bonds. The van der Waals surface area contributed by atoms with E-state index in [0.29, 0.717) is 0 Å². The number of para-hydroxylation sites is 1. The number of benzene rings is 1. The van der Waals surface area contributed by atoms with E-state index < -0.39 is 0 Å². The Bertz CT molecular complexity index is 1070. The molecule has 3 N–H and O–H groups in total. The van der Waals surface area contributed by atoms with Crippen LogP contribution in [0.2, 0.25) is 0 Å². The van der Waals surface area contributed by atoms with E-state index in [4.69, 9.17) is 0 Å². The van der Waals surface area contributed by atoms with Crippen LogP contribution in [0.25, 0.3) is 10.9 Å². The molecule has 0 spiro atoms. The summed E-state index contributed by atoms with van der Waals surface area (Å²) in [5.74, 6) is 0.754. The summed E-state index contributed by atoms with van der Waals surface area (Å²) in [4.78, 5) is 19.2.